The zero-order valence-corrected chi connectivity index (χ0v) is 17.6. The molecule has 166 valence electrons. The van der Waals surface area contributed by atoms with E-state index >= 15 is 0 Å². The number of carbonyl (C=O) groups is 1. The Balaban J connectivity index is 1.45. The van der Waals surface area contributed by atoms with Crippen molar-refractivity contribution >= 4 is 6.09 Å². The minimum atomic E-state index is -4.31. The highest BCUT2D eigenvalue weighted by molar-refractivity contribution is 5.65. The number of piperidine rings is 1. The lowest BCUT2D eigenvalue weighted by atomic mass is 9.86. The van der Waals surface area contributed by atoms with Gasteiger partial charge in [-0.1, -0.05) is 6.07 Å². The van der Waals surface area contributed by atoms with E-state index in [9.17, 15) is 23.1 Å². The summed E-state index contributed by atoms with van der Waals surface area (Å²) in [5.74, 6) is 0. The number of hydrogen-bond acceptors (Lipinski definition) is 3. The van der Waals surface area contributed by atoms with E-state index < -0.39 is 17.8 Å². The zero-order valence-electron chi connectivity index (χ0n) is 17.6. The summed E-state index contributed by atoms with van der Waals surface area (Å²) in [5, 5.41) is 9.20. The van der Waals surface area contributed by atoms with E-state index in [0.29, 0.717) is 13.1 Å². The van der Waals surface area contributed by atoms with E-state index in [1.165, 1.54) is 17.0 Å². The van der Waals surface area contributed by atoms with Crippen molar-refractivity contribution in [2.24, 2.45) is 0 Å². The first kappa shape index (κ1) is 21.4. The summed E-state index contributed by atoms with van der Waals surface area (Å²) in [4.78, 5) is 17.5. The van der Waals surface area contributed by atoms with Crippen LogP contribution in [0.4, 0.5) is 18.0 Å². The predicted octanol–water partition coefficient (Wildman–Crippen LogP) is 4.23. The van der Waals surface area contributed by atoms with Gasteiger partial charge in [0.15, 0.2) is 0 Å². The van der Waals surface area contributed by atoms with Gasteiger partial charge in [0.05, 0.1) is 5.56 Å². The first-order chi connectivity index (χ1) is 14.1. The van der Waals surface area contributed by atoms with E-state index in [1.54, 1.807) is 6.07 Å². The summed E-state index contributed by atoms with van der Waals surface area (Å²) in [6.07, 6.45) is -1.85. The van der Waals surface area contributed by atoms with Crippen molar-refractivity contribution < 1.29 is 23.1 Å². The molecule has 2 saturated heterocycles. The molecule has 1 aromatic rings. The second-order valence-electron chi connectivity index (χ2n) is 9.27. The first-order valence-electron chi connectivity index (χ1n) is 10.8. The van der Waals surface area contributed by atoms with Crippen LogP contribution in [-0.2, 0) is 12.6 Å². The first-order valence-corrected chi connectivity index (χ1v) is 10.8. The van der Waals surface area contributed by atoms with Crippen LogP contribution in [0.15, 0.2) is 18.2 Å². The van der Waals surface area contributed by atoms with E-state index in [-0.39, 0.29) is 17.6 Å². The smallest absolute Gasteiger partial charge is 0.416 e. The molecule has 2 aliphatic heterocycles. The van der Waals surface area contributed by atoms with Crippen molar-refractivity contribution in [1.82, 2.24) is 14.7 Å². The minimum absolute atomic E-state index is 0.0245. The Kier molecular flexibility index (Phi) is 5.51. The second kappa shape index (κ2) is 7.71. The number of halogens is 3. The molecule has 5 nitrogen and oxygen atoms in total. The summed E-state index contributed by atoms with van der Waals surface area (Å²) in [6.45, 7) is 8.02. The molecule has 2 atom stereocenters. The lowest BCUT2D eigenvalue weighted by Crippen LogP contribution is -2.62. The maximum absolute atomic E-state index is 13.2. The summed E-state index contributed by atoms with van der Waals surface area (Å²) in [6, 6.07) is 4.48. The molecule has 0 saturated carbocycles. The number of benzene rings is 1. The van der Waals surface area contributed by atoms with Gasteiger partial charge in [-0.25, -0.2) is 4.79 Å². The van der Waals surface area contributed by atoms with Gasteiger partial charge in [-0.15, -0.1) is 0 Å². The normalized spacial score (nSPS) is 27.8. The van der Waals surface area contributed by atoms with Gasteiger partial charge >= 0.3 is 12.3 Å². The fourth-order valence-corrected chi connectivity index (χ4v) is 5.52. The zero-order chi connectivity index (χ0) is 21.7. The number of amides is 1. The molecule has 4 rings (SSSR count). The van der Waals surface area contributed by atoms with Crippen LogP contribution < -0.4 is 0 Å². The molecule has 2 heterocycles. The molecule has 1 aliphatic carbocycles. The minimum Gasteiger partial charge on any atom is -0.465 e. The Morgan fingerprint density at radius 3 is 2.47 bits per heavy atom. The summed E-state index contributed by atoms with van der Waals surface area (Å²) in [5.41, 5.74) is 1.29. The van der Waals surface area contributed by atoms with Crippen molar-refractivity contribution in [3.8, 4) is 0 Å². The third-order valence-corrected chi connectivity index (χ3v) is 7.47. The molecule has 0 bridgehead atoms. The van der Waals surface area contributed by atoms with Crippen LogP contribution in [0.5, 0.6) is 0 Å². The Morgan fingerprint density at radius 2 is 1.87 bits per heavy atom. The number of hydrogen-bond donors (Lipinski definition) is 1. The fraction of sp³-hybridized carbons (Fsp3) is 0.682. The van der Waals surface area contributed by atoms with Crippen LogP contribution in [0.3, 0.4) is 0 Å². The molecule has 1 aromatic carbocycles. The number of aryl methyl sites for hydroxylation is 1. The fourth-order valence-electron chi connectivity index (χ4n) is 5.52. The van der Waals surface area contributed by atoms with Crippen LogP contribution in [0.2, 0.25) is 0 Å². The van der Waals surface area contributed by atoms with Crippen LogP contribution in [0.1, 0.15) is 55.8 Å². The number of likely N-dealkylation sites (tertiary alicyclic amines) is 1. The molecule has 1 unspecified atom stereocenters. The Labute approximate surface area is 175 Å². The average Bonchev–Trinajstić information content (AvgIpc) is 3.10. The quantitative estimate of drug-likeness (QED) is 0.770. The number of piperazine rings is 1. The van der Waals surface area contributed by atoms with Gasteiger partial charge < -0.3 is 10.0 Å². The van der Waals surface area contributed by atoms with Gasteiger partial charge in [-0.2, -0.15) is 13.2 Å². The average molecular weight is 425 g/mol. The Bertz CT molecular complexity index is 805. The number of rotatable bonds is 2. The van der Waals surface area contributed by atoms with Gasteiger partial charge in [0, 0.05) is 50.3 Å². The molecule has 8 heteroatoms. The molecule has 3 aliphatic rings. The van der Waals surface area contributed by atoms with Gasteiger partial charge in [-0.3, -0.25) is 9.80 Å². The second-order valence-corrected chi connectivity index (χ2v) is 9.27. The molecule has 1 amide bonds. The molecular formula is C22H30F3N3O2. The van der Waals surface area contributed by atoms with Crippen LogP contribution >= 0.6 is 0 Å². The Morgan fingerprint density at radius 1 is 1.17 bits per heavy atom. The van der Waals surface area contributed by atoms with E-state index in [1.807, 2.05) is 0 Å². The molecule has 0 spiro atoms. The highest BCUT2D eigenvalue weighted by atomic mass is 19.4. The summed E-state index contributed by atoms with van der Waals surface area (Å²) in [7, 11) is 0. The van der Waals surface area contributed by atoms with Gasteiger partial charge in [0.1, 0.15) is 0 Å². The van der Waals surface area contributed by atoms with E-state index in [0.717, 1.165) is 56.4 Å². The van der Waals surface area contributed by atoms with Gasteiger partial charge in [-0.05, 0) is 62.8 Å². The summed E-state index contributed by atoms with van der Waals surface area (Å²) < 4.78 is 39.7. The van der Waals surface area contributed by atoms with Crippen LogP contribution in [0.25, 0.3) is 0 Å². The molecule has 0 aromatic heterocycles. The lowest BCUT2D eigenvalue weighted by Gasteiger charge is -2.52. The maximum atomic E-state index is 13.2. The standard InChI is InChI=1S/C22H30F3N3O2/c1-15-14-27(21(2)7-9-26(10-8-21)20(29)30)11-12-28(15)19-6-4-16-3-5-17(13-18(16)19)22(23,24)25/h3,5,13,15,19H,4,6-12,14H2,1-2H3,(H,29,30)/t15-,19?/m0/s1. The number of alkyl halides is 3. The van der Waals surface area contributed by atoms with Crippen LogP contribution in [0, 0.1) is 0 Å². The van der Waals surface area contributed by atoms with Crippen molar-refractivity contribution in [2.45, 2.75) is 63.3 Å². The van der Waals surface area contributed by atoms with Crippen molar-refractivity contribution in [3.63, 3.8) is 0 Å². The molecular weight excluding hydrogens is 395 g/mol. The number of nitrogens with zero attached hydrogens (tertiary/aromatic N) is 3. The highest BCUT2D eigenvalue weighted by Gasteiger charge is 2.42. The van der Waals surface area contributed by atoms with Crippen molar-refractivity contribution in [2.75, 3.05) is 32.7 Å². The van der Waals surface area contributed by atoms with Crippen molar-refractivity contribution in [3.05, 3.63) is 34.9 Å². The molecule has 0 radical (unpaired) electrons. The third kappa shape index (κ3) is 3.91. The molecule has 2 fully saturated rings. The Hall–Kier alpha value is -1.80. The van der Waals surface area contributed by atoms with Gasteiger partial charge in [0.25, 0.3) is 0 Å². The third-order valence-electron chi connectivity index (χ3n) is 7.47. The topological polar surface area (TPSA) is 47.0 Å². The lowest BCUT2D eigenvalue weighted by molar-refractivity contribution is -0.137. The van der Waals surface area contributed by atoms with Crippen LogP contribution in [-0.4, -0.2) is 70.2 Å². The largest absolute Gasteiger partial charge is 0.465 e. The predicted molar refractivity (Wildman–Crippen MR) is 107 cm³/mol. The van der Waals surface area contributed by atoms with Gasteiger partial charge in [0.2, 0.25) is 0 Å². The SMILES string of the molecule is C[C@H]1CN(C2(C)CCN(C(=O)O)CC2)CCN1C1CCc2ccc(C(F)(F)F)cc21. The summed E-state index contributed by atoms with van der Waals surface area (Å²) >= 11 is 0. The monoisotopic (exact) mass is 425 g/mol. The highest BCUT2D eigenvalue weighted by Crippen LogP contribution is 2.42. The maximum Gasteiger partial charge on any atom is 0.416 e. The van der Waals surface area contributed by atoms with E-state index in [4.69, 9.17) is 0 Å². The number of fused-ring (bicyclic) bond motifs is 1. The molecule has 30 heavy (non-hydrogen) atoms. The molecule has 1 N–H and O–H groups in total. The number of carboxylic acid groups (broad SMARTS) is 1. The van der Waals surface area contributed by atoms with E-state index in [2.05, 4.69) is 23.6 Å². The van der Waals surface area contributed by atoms with Crippen molar-refractivity contribution in [1.29, 1.82) is 0 Å².